The van der Waals surface area contributed by atoms with E-state index in [1.54, 1.807) is 16.7 Å². The summed E-state index contributed by atoms with van der Waals surface area (Å²) in [6, 6.07) is 25.6. The molecule has 3 aromatic rings. The van der Waals surface area contributed by atoms with Crippen LogP contribution in [0.2, 0.25) is 0 Å². The zero-order chi connectivity index (χ0) is 24.3. The Morgan fingerprint density at radius 3 is 2.21 bits per heavy atom. The maximum atomic E-state index is 13.5. The van der Waals surface area contributed by atoms with Gasteiger partial charge in [0.1, 0.15) is 6.04 Å². The van der Waals surface area contributed by atoms with Gasteiger partial charge in [0.05, 0.1) is 5.75 Å². The molecule has 2 amide bonds. The summed E-state index contributed by atoms with van der Waals surface area (Å²) in [5.74, 6) is 0.897. The molecule has 4 nitrogen and oxygen atoms in total. The number of thioether (sulfide) groups is 1. The second-order valence-corrected chi connectivity index (χ2v) is 10.1. The maximum absolute atomic E-state index is 13.5. The van der Waals surface area contributed by atoms with Gasteiger partial charge in [0.2, 0.25) is 11.8 Å². The largest absolute Gasteiger partial charge is 0.355 e. The van der Waals surface area contributed by atoms with Crippen LogP contribution in [0, 0.1) is 6.92 Å². The predicted octanol–water partition coefficient (Wildman–Crippen LogP) is 5.77. The third-order valence-electron chi connectivity index (χ3n) is 5.50. The van der Waals surface area contributed by atoms with E-state index in [1.165, 1.54) is 0 Å². The molecule has 0 saturated heterocycles. The first-order chi connectivity index (χ1) is 16.5. The molecular weight excluding hydrogens is 508 g/mol. The van der Waals surface area contributed by atoms with Gasteiger partial charge in [-0.3, -0.25) is 9.59 Å². The number of aryl methyl sites for hydroxylation is 1. The second-order valence-electron chi connectivity index (χ2n) is 8.23. The first-order valence-corrected chi connectivity index (χ1v) is 13.4. The van der Waals surface area contributed by atoms with E-state index in [2.05, 4.69) is 33.4 Å². The number of amides is 2. The SMILES string of the molecule is CCNC(=O)[C@H](Cc1ccccc1)N(Cc1ccc(C)cc1)C(=O)CSCc1ccc(Br)cc1. The number of hydrogen-bond acceptors (Lipinski definition) is 3. The summed E-state index contributed by atoms with van der Waals surface area (Å²) in [7, 11) is 0. The molecule has 0 fully saturated rings. The van der Waals surface area contributed by atoms with Crippen LogP contribution in [0.3, 0.4) is 0 Å². The van der Waals surface area contributed by atoms with Crippen LogP contribution in [0.25, 0.3) is 0 Å². The zero-order valence-corrected chi connectivity index (χ0v) is 22.1. The molecule has 0 spiro atoms. The number of halogens is 1. The molecule has 1 atom stereocenters. The average Bonchev–Trinajstić information content (AvgIpc) is 2.84. The minimum absolute atomic E-state index is 0.0325. The highest BCUT2D eigenvalue weighted by molar-refractivity contribution is 9.10. The van der Waals surface area contributed by atoms with Crippen LogP contribution < -0.4 is 5.32 Å². The summed E-state index contributed by atoms with van der Waals surface area (Å²) in [6.07, 6.45) is 0.474. The van der Waals surface area contributed by atoms with E-state index in [1.807, 2.05) is 80.6 Å². The number of carbonyl (C=O) groups excluding carboxylic acids is 2. The summed E-state index contributed by atoms with van der Waals surface area (Å²) in [6.45, 7) is 4.86. The maximum Gasteiger partial charge on any atom is 0.243 e. The first kappa shape index (κ1) is 26.0. The lowest BCUT2D eigenvalue weighted by Gasteiger charge is -2.31. The van der Waals surface area contributed by atoms with E-state index in [9.17, 15) is 9.59 Å². The standard InChI is InChI=1S/C28H31BrN2O2S/c1-3-30-28(33)26(17-22-7-5-4-6-8-22)31(18-23-11-9-21(2)10-12-23)27(32)20-34-19-24-13-15-25(29)16-14-24/h4-16,26H,3,17-20H2,1-2H3,(H,30,33)/t26-/m0/s1. The van der Waals surface area contributed by atoms with Gasteiger partial charge >= 0.3 is 0 Å². The van der Waals surface area contributed by atoms with Crippen LogP contribution in [0.1, 0.15) is 29.2 Å². The number of rotatable bonds is 11. The van der Waals surface area contributed by atoms with Crippen LogP contribution >= 0.6 is 27.7 Å². The van der Waals surface area contributed by atoms with E-state index in [0.29, 0.717) is 25.3 Å². The Balaban J connectivity index is 1.81. The van der Waals surface area contributed by atoms with Crippen molar-refractivity contribution in [2.24, 2.45) is 0 Å². The monoisotopic (exact) mass is 538 g/mol. The van der Waals surface area contributed by atoms with Gasteiger partial charge in [-0.1, -0.05) is 88.2 Å². The molecular formula is C28H31BrN2O2S. The molecule has 0 heterocycles. The highest BCUT2D eigenvalue weighted by Gasteiger charge is 2.30. The Morgan fingerprint density at radius 1 is 0.912 bits per heavy atom. The topological polar surface area (TPSA) is 49.4 Å². The number of carbonyl (C=O) groups is 2. The first-order valence-electron chi connectivity index (χ1n) is 11.4. The predicted molar refractivity (Wildman–Crippen MR) is 145 cm³/mol. The highest BCUT2D eigenvalue weighted by atomic mass is 79.9. The fourth-order valence-electron chi connectivity index (χ4n) is 3.66. The van der Waals surface area contributed by atoms with Gasteiger partial charge in [0.25, 0.3) is 0 Å². The van der Waals surface area contributed by atoms with Crippen molar-refractivity contribution in [3.8, 4) is 0 Å². The quantitative estimate of drug-likeness (QED) is 0.337. The Hall–Kier alpha value is -2.57. The Labute approximate surface area is 215 Å². The van der Waals surface area contributed by atoms with Crippen LogP contribution in [0.15, 0.2) is 83.3 Å². The van der Waals surface area contributed by atoms with Crippen molar-refractivity contribution in [1.82, 2.24) is 10.2 Å². The molecule has 3 rings (SSSR count). The molecule has 178 valence electrons. The molecule has 0 aliphatic rings. The van der Waals surface area contributed by atoms with Crippen molar-refractivity contribution in [3.05, 3.63) is 106 Å². The van der Waals surface area contributed by atoms with E-state index in [4.69, 9.17) is 0 Å². The van der Waals surface area contributed by atoms with Crippen molar-refractivity contribution < 1.29 is 9.59 Å². The fourth-order valence-corrected chi connectivity index (χ4v) is 4.79. The molecule has 0 saturated carbocycles. The van der Waals surface area contributed by atoms with Crippen molar-refractivity contribution in [3.63, 3.8) is 0 Å². The second kappa shape index (κ2) is 13.4. The Bertz CT molecular complexity index is 1060. The van der Waals surface area contributed by atoms with Crippen LogP contribution in [0.4, 0.5) is 0 Å². The van der Waals surface area contributed by atoms with E-state index in [0.717, 1.165) is 32.5 Å². The molecule has 0 radical (unpaired) electrons. The van der Waals surface area contributed by atoms with Gasteiger partial charge in [-0.15, -0.1) is 11.8 Å². The number of nitrogens with zero attached hydrogens (tertiary/aromatic N) is 1. The molecule has 0 aromatic heterocycles. The minimum Gasteiger partial charge on any atom is -0.355 e. The van der Waals surface area contributed by atoms with Crippen LogP contribution in [0.5, 0.6) is 0 Å². The molecule has 34 heavy (non-hydrogen) atoms. The van der Waals surface area contributed by atoms with Crippen LogP contribution in [-0.4, -0.2) is 35.1 Å². The molecule has 0 aliphatic heterocycles. The average molecular weight is 540 g/mol. The van der Waals surface area contributed by atoms with Crippen LogP contribution in [-0.2, 0) is 28.3 Å². The molecule has 0 aliphatic carbocycles. The van der Waals surface area contributed by atoms with Crippen molar-refractivity contribution in [2.75, 3.05) is 12.3 Å². The zero-order valence-electron chi connectivity index (χ0n) is 19.7. The lowest BCUT2D eigenvalue weighted by atomic mass is 10.0. The van der Waals surface area contributed by atoms with Crippen molar-refractivity contribution in [1.29, 1.82) is 0 Å². The Morgan fingerprint density at radius 2 is 1.56 bits per heavy atom. The van der Waals surface area contributed by atoms with E-state index < -0.39 is 6.04 Å². The third kappa shape index (κ3) is 8.03. The normalized spacial score (nSPS) is 11.6. The Kier molecular flexibility index (Phi) is 10.2. The van der Waals surface area contributed by atoms with Gasteiger partial charge in [-0.2, -0.15) is 0 Å². The third-order valence-corrected chi connectivity index (χ3v) is 7.02. The van der Waals surface area contributed by atoms with Crippen molar-refractivity contribution in [2.45, 2.75) is 38.6 Å². The molecule has 6 heteroatoms. The summed E-state index contributed by atoms with van der Waals surface area (Å²) in [5.41, 5.74) is 4.37. The number of nitrogens with one attached hydrogen (secondary N) is 1. The highest BCUT2D eigenvalue weighted by Crippen LogP contribution is 2.20. The summed E-state index contributed by atoms with van der Waals surface area (Å²) in [4.78, 5) is 28.4. The smallest absolute Gasteiger partial charge is 0.243 e. The van der Waals surface area contributed by atoms with Gasteiger partial charge < -0.3 is 10.2 Å². The molecule has 3 aromatic carbocycles. The summed E-state index contributed by atoms with van der Waals surface area (Å²) in [5, 5.41) is 2.94. The lowest BCUT2D eigenvalue weighted by molar-refractivity contribution is -0.139. The molecule has 1 N–H and O–H groups in total. The van der Waals surface area contributed by atoms with E-state index >= 15 is 0 Å². The fraction of sp³-hybridized carbons (Fsp3) is 0.286. The van der Waals surface area contributed by atoms with Gasteiger partial charge in [0, 0.05) is 29.7 Å². The number of likely N-dealkylation sites (N-methyl/N-ethyl adjacent to an activating group) is 1. The minimum atomic E-state index is -0.579. The summed E-state index contributed by atoms with van der Waals surface area (Å²) < 4.78 is 1.03. The summed E-state index contributed by atoms with van der Waals surface area (Å²) >= 11 is 5.03. The van der Waals surface area contributed by atoms with Gasteiger partial charge in [-0.05, 0) is 42.7 Å². The van der Waals surface area contributed by atoms with Gasteiger partial charge in [-0.25, -0.2) is 0 Å². The molecule has 0 unspecified atom stereocenters. The van der Waals surface area contributed by atoms with Gasteiger partial charge in [0.15, 0.2) is 0 Å². The number of benzene rings is 3. The van der Waals surface area contributed by atoms with Crippen molar-refractivity contribution >= 4 is 39.5 Å². The molecule has 0 bridgehead atoms. The van der Waals surface area contributed by atoms with E-state index in [-0.39, 0.29) is 11.8 Å². The lowest BCUT2D eigenvalue weighted by Crippen LogP contribution is -2.51. The number of hydrogen-bond donors (Lipinski definition) is 1.